The Balaban J connectivity index is 2.10. The Morgan fingerprint density at radius 1 is 1.42 bits per heavy atom. The number of hydrogen-bond acceptors (Lipinski definition) is 4. The summed E-state index contributed by atoms with van der Waals surface area (Å²) in [6.07, 6.45) is 4.85. The summed E-state index contributed by atoms with van der Waals surface area (Å²) in [5.74, 6) is 0.249. The van der Waals surface area contributed by atoms with Crippen LogP contribution in [0.5, 0.6) is 0 Å². The Morgan fingerprint density at radius 2 is 2.05 bits per heavy atom. The zero-order chi connectivity index (χ0) is 14.0. The topological polar surface area (TPSA) is 39.2 Å². The number of thiazole rings is 1. The molecule has 4 heteroatoms. The van der Waals surface area contributed by atoms with Crippen molar-refractivity contribution in [3.05, 3.63) is 15.6 Å². The third-order valence-electron chi connectivity index (χ3n) is 3.97. The molecule has 106 valence electrons. The van der Waals surface area contributed by atoms with Crippen molar-refractivity contribution >= 4 is 17.3 Å². The number of carbonyl (C=O) groups excluding carboxylic acids is 1. The van der Waals surface area contributed by atoms with Crippen LogP contribution >= 0.6 is 11.3 Å². The summed E-state index contributed by atoms with van der Waals surface area (Å²) in [4.78, 5) is 17.3. The van der Waals surface area contributed by atoms with E-state index >= 15 is 0 Å². The summed E-state index contributed by atoms with van der Waals surface area (Å²) in [6, 6.07) is 0. The van der Waals surface area contributed by atoms with Crippen LogP contribution in [0.15, 0.2) is 0 Å². The van der Waals surface area contributed by atoms with Gasteiger partial charge in [0, 0.05) is 10.8 Å². The second-order valence-corrected chi connectivity index (χ2v) is 7.35. The van der Waals surface area contributed by atoms with Crippen LogP contribution in [0.25, 0.3) is 0 Å². The summed E-state index contributed by atoms with van der Waals surface area (Å²) >= 11 is 1.66. The number of aryl methyl sites for hydroxylation is 1. The summed E-state index contributed by atoms with van der Waals surface area (Å²) in [6.45, 7) is 8.85. The fourth-order valence-corrected chi connectivity index (χ4v) is 3.71. The highest BCUT2D eigenvalue weighted by Gasteiger charge is 2.30. The van der Waals surface area contributed by atoms with Gasteiger partial charge in [-0.1, -0.05) is 13.8 Å². The van der Waals surface area contributed by atoms with E-state index in [-0.39, 0.29) is 5.97 Å². The molecule has 1 aliphatic rings. The molecule has 0 bridgehead atoms. The van der Waals surface area contributed by atoms with Crippen LogP contribution in [0.3, 0.4) is 0 Å². The maximum Gasteiger partial charge on any atom is 0.358 e. The minimum atomic E-state index is -0.279. The van der Waals surface area contributed by atoms with Gasteiger partial charge in [0.1, 0.15) is 0 Å². The fraction of sp³-hybridized carbons (Fsp3) is 0.733. The highest BCUT2D eigenvalue weighted by atomic mass is 32.1. The maximum absolute atomic E-state index is 11.8. The van der Waals surface area contributed by atoms with E-state index in [0.717, 1.165) is 9.88 Å². The molecule has 0 atom stereocenters. The molecule has 1 aromatic heterocycles. The van der Waals surface area contributed by atoms with Crippen molar-refractivity contribution in [3.8, 4) is 0 Å². The molecule has 0 radical (unpaired) electrons. The van der Waals surface area contributed by atoms with Crippen molar-refractivity contribution in [2.45, 2.75) is 59.3 Å². The Kier molecular flexibility index (Phi) is 4.29. The van der Waals surface area contributed by atoms with E-state index in [1.165, 1.54) is 25.7 Å². The zero-order valence-corrected chi connectivity index (χ0v) is 13.1. The first-order valence-electron chi connectivity index (χ1n) is 7.07. The van der Waals surface area contributed by atoms with Gasteiger partial charge in [-0.2, -0.15) is 0 Å². The average Bonchev–Trinajstić information content (AvgIpc) is 2.71. The first-order chi connectivity index (χ1) is 8.93. The van der Waals surface area contributed by atoms with E-state index in [1.807, 2.05) is 13.8 Å². The van der Waals surface area contributed by atoms with Gasteiger partial charge in [0.05, 0.1) is 11.6 Å². The highest BCUT2D eigenvalue weighted by Crippen LogP contribution is 2.43. The van der Waals surface area contributed by atoms with Gasteiger partial charge in [-0.25, -0.2) is 9.78 Å². The third kappa shape index (κ3) is 3.35. The van der Waals surface area contributed by atoms with Crippen molar-refractivity contribution in [3.63, 3.8) is 0 Å². The normalized spacial score (nSPS) is 19.4. The Morgan fingerprint density at radius 3 is 2.63 bits per heavy atom. The first-order valence-corrected chi connectivity index (χ1v) is 7.89. The van der Waals surface area contributed by atoms with Gasteiger partial charge in [0.25, 0.3) is 0 Å². The van der Waals surface area contributed by atoms with Crippen LogP contribution in [0, 0.1) is 12.3 Å². The number of hydrogen-bond donors (Lipinski definition) is 0. The van der Waals surface area contributed by atoms with Crippen molar-refractivity contribution in [1.29, 1.82) is 0 Å². The van der Waals surface area contributed by atoms with E-state index in [4.69, 9.17) is 4.74 Å². The molecule has 0 amide bonds. The molecule has 1 heterocycles. The number of ether oxygens (including phenoxy) is 1. The molecule has 1 aromatic rings. The van der Waals surface area contributed by atoms with Crippen LogP contribution in [0.1, 0.15) is 72.7 Å². The molecule has 0 saturated heterocycles. The van der Waals surface area contributed by atoms with Crippen LogP contribution < -0.4 is 0 Å². The molecule has 1 aliphatic carbocycles. The molecular weight excluding hydrogens is 258 g/mol. The quantitative estimate of drug-likeness (QED) is 0.775. The summed E-state index contributed by atoms with van der Waals surface area (Å²) < 4.78 is 5.05. The first kappa shape index (κ1) is 14.5. The predicted molar refractivity (Wildman–Crippen MR) is 77.8 cm³/mol. The molecule has 0 spiro atoms. The van der Waals surface area contributed by atoms with E-state index in [9.17, 15) is 4.79 Å². The molecule has 19 heavy (non-hydrogen) atoms. The Labute approximate surface area is 119 Å². The van der Waals surface area contributed by atoms with Crippen molar-refractivity contribution in [2.24, 2.45) is 5.41 Å². The molecular formula is C15H23NO2S. The standard InChI is InChI=1S/C15H23NO2S/c1-5-18-14(17)12-10(2)19-13(16-12)11-6-8-15(3,4)9-7-11/h11H,5-9H2,1-4H3. The fourth-order valence-electron chi connectivity index (χ4n) is 2.63. The Bertz CT molecular complexity index is 455. The van der Waals surface area contributed by atoms with Crippen LogP contribution in [0.2, 0.25) is 0 Å². The lowest BCUT2D eigenvalue weighted by atomic mass is 9.73. The van der Waals surface area contributed by atoms with Gasteiger partial charge < -0.3 is 4.74 Å². The minimum Gasteiger partial charge on any atom is -0.461 e. The minimum absolute atomic E-state index is 0.279. The summed E-state index contributed by atoms with van der Waals surface area (Å²) in [5.41, 5.74) is 0.985. The monoisotopic (exact) mass is 281 g/mol. The lowest BCUT2D eigenvalue weighted by molar-refractivity contribution is 0.0519. The van der Waals surface area contributed by atoms with Crippen molar-refractivity contribution in [2.75, 3.05) is 6.61 Å². The molecule has 0 aliphatic heterocycles. The molecule has 0 aromatic carbocycles. The van der Waals surface area contributed by atoms with E-state index in [0.29, 0.717) is 23.6 Å². The second-order valence-electron chi connectivity index (χ2n) is 6.12. The summed E-state index contributed by atoms with van der Waals surface area (Å²) in [5, 5.41) is 1.12. The van der Waals surface area contributed by atoms with Crippen molar-refractivity contribution < 1.29 is 9.53 Å². The highest BCUT2D eigenvalue weighted by molar-refractivity contribution is 7.12. The lowest BCUT2D eigenvalue weighted by Crippen LogP contribution is -2.20. The molecule has 1 saturated carbocycles. The van der Waals surface area contributed by atoms with Crippen LogP contribution in [-0.4, -0.2) is 17.6 Å². The lowest BCUT2D eigenvalue weighted by Gasteiger charge is -2.33. The van der Waals surface area contributed by atoms with E-state index in [1.54, 1.807) is 11.3 Å². The average molecular weight is 281 g/mol. The number of aromatic nitrogens is 1. The molecule has 0 unspecified atom stereocenters. The number of esters is 1. The van der Waals surface area contributed by atoms with Gasteiger partial charge >= 0.3 is 5.97 Å². The van der Waals surface area contributed by atoms with E-state index in [2.05, 4.69) is 18.8 Å². The van der Waals surface area contributed by atoms with E-state index < -0.39 is 0 Å². The van der Waals surface area contributed by atoms with Gasteiger partial charge in [-0.3, -0.25) is 0 Å². The SMILES string of the molecule is CCOC(=O)c1nc(C2CCC(C)(C)CC2)sc1C. The second kappa shape index (κ2) is 5.61. The molecule has 3 nitrogen and oxygen atoms in total. The van der Waals surface area contributed by atoms with Crippen LogP contribution in [0.4, 0.5) is 0 Å². The Hall–Kier alpha value is -0.900. The molecule has 1 fully saturated rings. The number of rotatable bonds is 3. The van der Waals surface area contributed by atoms with Gasteiger partial charge in [-0.05, 0) is 44.9 Å². The predicted octanol–water partition coefficient (Wildman–Crippen LogP) is 4.31. The number of carbonyl (C=O) groups is 1. The van der Waals surface area contributed by atoms with Gasteiger partial charge in [-0.15, -0.1) is 11.3 Å². The number of nitrogens with zero attached hydrogens (tertiary/aromatic N) is 1. The smallest absolute Gasteiger partial charge is 0.358 e. The van der Waals surface area contributed by atoms with Gasteiger partial charge in [0.15, 0.2) is 5.69 Å². The van der Waals surface area contributed by atoms with Gasteiger partial charge in [0.2, 0.25) is 0 Å². The van der Waals surface area contributed by atoms with Crippen LogP contribution in [-0.2, 0) is 4.74 Å². The van der Waals surface area contributed by atoms with Crippen molar-refractivity contribution in [1.82, 2.24) is 4.98 Å². The maximum atomic E-state index is 11.8. The zero-order valence-electron chi connectivity index (χ0n) is 12.3. The molecule has 2 rings (SSSR count). The largest absolute Gasteiger partial charge is 0.461 e. The summed E-state index contributed by atoms with van der Waals surface area (Å²) in [7, 11) is 0. The third-order valence-corrected chi connectivity index (χ3v) is 5.10. The molecule has 0 N–H and O–H groups in total.